The Labute approximate surface area is 178 Å². The number of aryl methyl sites for hydroxylation is 1. The smallest absolute Gasteiger partial charge is 0.340 e. The van der Waals surface area contributed by atoms with Gasteiger partial charge >= 0.3 is 11.9 Å². The van der Waals surface area contributed by atoms with Crippen LogP contribution in [0.15, 0.2) is 85.1 Å². The molecule has 1 N–H and O–H groups in total. The van der Waals surface area contributed by atoms with Crippen molar-refractivity contribution in [2.24, 2.45) is 7.05 Å². The minimum Gasteiger partial charge on any atom is -0.478 e. The van der Waals surface area contributed by atoms with Gasteiger partial charge in [0, 0.05) is 23.7 Å². The lowest BCUT2D eigenvalue weighted by molar-refractivity contribution is 0.0245. The molecule has 0 aliphatic carbocycles. The molecular formula is C25H18N2O4. The monoisotopic (exact) mass is 410 g/mol. The average molecular weight is 410 g/mol. The van der Waals surface area contributed by atoms with Gasteiger partial charge in [-0.05, 0) is 12.1 Å². The van der Waals surface area contributed by atoms with E-state index in [4.69, 9.17) is 4.74 Å². The Kier molecular flexibility index (Phi) is 4.22. The summed E-state index contributed by atoms with van der Waals surface area (Å²) in [7, 11) is 1.81. The molecule has 1 atom stereocenters. The van der Waals surface area contributed by atoms with Crippen LogP contribution in [-0.2, 0) is 17.4 Å². The van der Waals surface area contributed by atoms with Crippen LogP contribution in [0.3, 0.4) is 0 Å². The summed E-state index contributed by atoms with van der Waals surface area (Å²) in [4.78, 5) is 25.1. The van der Waals surface area contributed by atoms with Crippen molar-refractivity contribution in [3.63, 3.8) is 0 Å². The highest BCUT2D eigenvalue weighted by Crippen LogP contribution is 2.50. The van der Waals surface area contributed by atoms with Crippen LogP contribution >= 0.6 is 0 Å². The van der Waals surface area contributed by atoms with E-state index in [1.165, 1.54) is 6.07 Å². The SMILES string of the molecule is Cn1ncc(C2(c3ccccc3C(=O)O)OC(=O)c3ccccc32)c1-c1ccccc1. The molecule has 0 fully saturated rings. The molecule has 3 aromatic carbocycles. The number of fused-ring (bicyclic) bond motifs is 1. The molecule has 0 spiro atoms. The van der Waals surface area contributed by atoms with Crippen molar-refractivity contribution in [1.29, 1.82) is 0 Å². The number of aromatic nitrogens is 2. The van der Waals surface area contributed by atoms with Gasteiger partial charge < -0.3 is 9.84 Å². The Morgan fingerprint density at radius 3 is 2.29 bits per heavy atom. The van der Waals surface area contributed by atoms with Gasteiger partial charge in [-0.15, -0.1) is 0 Å². The van der Waals surface area contributed by atoms with Gasteiger partial charge in [0.2, 0.25) is 0 Å². The van der Waals surface area contributed by atoms with E-state index in [9.17, 15) is 14.7 Å². The molecular weight excluding hydrogens is 392 g/mol. The number of hydrogen-bond acceptors (Lipinski definition) is 4. The van der Waals surface area contributed by atoms with Gasteiger partial charge in [-0.3, -0.25) is 4.68 Å². The van der Waals surface area contributed by atoms with Crippen LogP contribution in [0.25, 0.3) is 11.3 Å². The maximum absolute atomic E-state index is 13.0. The minimum atomic E-state index is -1.44. The fourth-order valence-corrected chi connectivity index (χ4v) is 4.37. The second-order valence-electron chi connectivity index (χ2n) is 7.36. The van der Waals surface area contributed by atoms with Gasteiger partial charge in [0.05, 0.1) is 28.6 Å². The first kappa shape index (κ1) is 18.8. The highest BCUT2D eigenvalue weighted by Gasteiger charge is 2.52. The minimum absolute atomic E-state index is 0.0647. The Bertz CT molecular complexity index is 1330. The first-order chi connectivity index (χ1) is 15.0. The summed E-state index contributed by atoms with van der Waals surface area (Å²) in [5.74, 6) is -1.60. The lowest BCUT2D eigenvalue weighted by Crippen LogP contribution is -2.32. The molecule has 6 heteroatoms. The third-order valence-corrected chi connectivity index (χ3v) is 5.67. The van der Waals surface area contributed by atoms with Crippen molar-refractivity contribution in [2.45, 2.75) is 5.60 Å². The lowest BCUT2D eigenvalue weighted by Gasteiger charge is -2.31. The van der Waals surface area contributed by atoms with Crippen LogP contribution in [0.2, 0.25) is 0 Å². The van der Waals surface area contributed by atoms with Crippen molar-refractivity contribution in [3.8, 4) is 11.3 Å². The number of cyclic esters (lactones) is 1. The fraction of sp³-hybridized carbons (Fsp3) is 0.0800. The molecule has 1 aliphatic heterocycles. The molecule has 5 rings (SSSR count). The number of benzene rings is 3. The molecule has 1 aliphatic rings. The van der Waals surface area contributed by atoms with Crippen LogP contribution in [0.5, 0.6) is 0 Å². The van der Waals surface area contributed by atoms with E-state index < -0.39 is 17.5 Å². The van der Waals surface area contributed by atoms with Crippen molar-refractivity contribution in [3.05, 3.63) is 113 Å². The first-order valence-electron chi connectivity index (χ1n) is 9.77. The second kappa shape index (κ2) is 6.95. The summed E-state index contributed by atoms with van der Waals surface area (Å²) in [5, 5.41) is 14.4. The molecule has 6 nitrogen and oxygen atoms in total. The summed E-state index contributed by atoms with van der Waals surface area (Å²) >= 11 is 0. The molecule has 0 saturated carbocycles. The topological polar surface area (TPSA) is 81.4 Å². The van der Waals surface area contributed by atoms with Gasteiger partial charge in [0.1, 0.15) is 0 Å². The van der Waals surface area contributed by atoms with E-state index in [0.29, 0.717) is 22.3 Å². The van der Waals surface area contributed by atoms with Gasteiger partial charge in [0.25, 0.3) is 0 Å². The van der Waals surface area contributed by atoms with Gasteiger partial charge in [-0.25, -0.2) is 9.59 Å². The predicted molar refractivity (Wildman–Crippen MR) is 114 cm³/mol. The van der Waals surface area contributed by atoms with Crippen molar-refractivity contribution in [1.82, 2.24) is 9.78 Å². The van der Waals surface area contributed by atoms with E-state index >= 15 is 0 Å². The molecule has 1 unspecified atom stereocenters. The van der Waals surface area contributed by atoms with E-state index in [2.05, 4.69) is 5.10 Å². The first-order valence-corrected chi connectivity index (χ1v) is 9.77. The third kappa shape index (κ3) is 2.69. The van der Waals surface area contributed by atoms with Crippen molar-refractivity contribution in [2.75, 3.05) is 0 Å². The molecule has 2 heterocycles. The number of carboxylic acids is 1. The zero-order chi connectivity index (χ0) is 21.6. The summed E-state index contributed by atoms with van der Waals surface area (Å²) < 4.78 is 7.82. The number of carbonyl (C=O) groups is 2. The highest BCUT2D eigenvalue weighted by atomic mass is 16.6. The average Bonchev–Trinajstić information content (AvgIpc) is 3.33. The fourth-order valence-electron chi connectivity index (χ4n) is 4.37. The van der Waals surface area contributed by atoms with Crippen LogP contribution in [0.4, 0.5) is 0 Å². The van der Waals surface area contributed by atoms with E-state index in [1.807, 2.05) is 43.4 Å². The largest absolute Gasteiger partial charge is 0.478 e. The number of aromatic carboxylic acids is 1. The highest BCUT2D eigenvalue weighted by molar-refractivity contribution is 5.98. The quantitative estimate of drug-likeness (QED) is 0.509. The lowest BCUT2D eigenvalue weighted by atomic mass is 9.77. The standard InChI is InChI=1S/C25H18N2O4/c1-27-22(16-9-3-2-4-10-16)21(15-26-27)25(19-13-7-5-11-17(19)23(28)29)20-14-8-6-12-18(20)24(30)31-25/h2-15H,1H3,(H,28,29). The molecule has 1 aromatic heterocycles. The number of hydrogen-bond donors (Lipinski definition) is 1. The molecule has 0 saturated heterocycles. The molecule has 152 valence electrons. The number of carbonyl (C=O) groups excluding carboxylic acids is 1. The Hall–Kier alpha value is -4.19. The summed E-state index contributed by atoms with van der Waals surface area (Å²) in [6.45, 7) is 0. The number of carboxylic acid groups (broad SMARTS) is 1. The van der Waals surface area contributed by atoms with Crippen LogP contribution < -0.4 is 0 Å². The second-order valence-corrected chi connectivity index (χ2v) is 7.36. The van der Waals surface area contributed by atoms with E-state index in [0.717, 1.165) is 11.3 Å². The van der Waals surface area contributed by atoms with Crippen molar-refractivity contribution < 1.29 is 19.4 Å². The van der Waals surface area contributed by atoms with Gasteiger partial charge in [-0.2, -0.15) is 5.10 Å². The van der Waals surface area contributed by atoms with Crippen LogP contribution in [0, 0.1) is 0 Å². The summed E-state index contributed by atoms with van der Waals surface area (Å²) in [5.41, 5.74) is 2.23. The normalized spacial score (nSPS) is 17.3. The molecule has 0 bridgehead atoms. The maximum atomic E-state index is 13.0. The van der Waals surface area contributed by atoms with Crippen molar-refractivity contribution >= 4 is 11.9 Å². The van der Waals surface area contributed by atoms with Crippen LogP contribution in [-0.4, -0.2) is 26.8 Å². The van der Waals surface area contributed by atoms with E-state index in [-0.39, 0.29) is 5.56 Å². The van der Waals surface area contributed by atoms with Crippen LogP contribution in [0.1, 0.15) is 37.4 Å². The Balaban J connectivity index is 1.91. The molecule has 0 amide bonds. The number of ether oxygens (including phenoxy) is 1. The molecule has 0 radical (unpaired) electrons. The third-order valence-electron chi connectivity index (χ3n) is 5.67. The van der Waals surface area contributed by atoms with E-state index in [1.54, 1.807) is 47.3 Å². The zero-order valence-electron chi connectivity index (χ0n) is 16.6. The number of esters is 1. The van der Waals surface area contributed by atoms with Gasteiger partial charge in [0.15, 0.2) is 5.60 Å². The summed E-state index contributed by atoms with van der Waals surface area (Å²) in [6, 6.07) is 23.3. The molecule has 31 heavy (non-hydrogen) atoms. The molecule has 4 aromatic rings. The van der Waals surface area contributed by atoms with Gasteiger partial charge in [-0.1, -0.05) is 66.7 Å². The maximum Gasteiger partial charge on any atom is 0.340 e. The summed E-state index contributed by atoms with van der Waals surface area (Å²) in [6.07, 6.45) is 1.65. The predicted octanol–water partition coefficient (Wildman–Crippen LogP) is 4.25. The number of nitrogens with zero attached hydrogens (tertiary/aromatic N) is 2. The number of rotatable bonds is 4. The Morgan fingerprint density at radius 1 is 0.903 bits per heavy atom. The Morgan fingerprint density at radius 2 is 1.55 bits per heavy atom. The zero-order valence-corrected chi connectivity index (χ0v) is 16.6.